The maximum absolute atomic E-state index is 12.6. The second-order valence-corrected chi connectivity index (χ2v) is 2.82. The highest BCUT2D eigenvalue weighted by atomic mass is 35.5. The van der Waals surface area contributed by atoms with Crippen molar-refractivity contribution in [1.82, 2.24) is 0 Å². The third-order valence-electron chi connectivity index (χ3n) is 1.82. The van der Waals surface area contributed by atoms with Gasteiger partial charge in [-0.2, -0.15) is 0 Å². The molecule has 16 heavy (non-hydrogen) atoms. The van der Waals surface area contributed by atoms with Crippen LogP contribution in [0.2, 0.25) is 0 Å². The normalized spacial score (nSPS) is 12.1. The first-order valence-corrected chi connectivity index (χ1v) is 3.91. The van der Waals surface area contributed by atoms with E-state index in [1.807, 2.05) is 0 Å². The highest BCUT2D eigenvalue weighted by Crippen LogP contribution is 2.27. The van der Waals surface area contributed by atoms with Crippen molar-refractivity contribution in [3.05, 3.63) is 39.7 Å². The van der Waals surface area contributed by atoms with E-state index in [1.54, 1.807) is 0 Å². The van der Waals surface area contributed by atoms with Crippen LogP contribution in [0.4, 0.5) is 18.9 Å². The Kier molecular flexibility index (Phi) is 5.19. The first-order valence-electron chi connectivity index (χ1n) is 3.91. The SMILES string of the molecule is Cl.N[C@@H](c1ccc(F)cc1[N+](=O)[O-])C(F)F. The van der Waals surface area contributed by atoms with Gasteiger partial charge in [-0.15, -0.1) is 12.4 Å². The minimum atomic E-state index is -2.94. The van der Waals surface area contributed by atoms with Crippen LogP contribution in [0.5, 0.6) is 0 Å². The lowest BCUT2D eigenvalue weighted by atomic mass is 10.1. The van der Waals surface area contributed by atoms with Gasteiger partial charge in [0.05, 0.1) is 22.6 Å². The van der Waals surface area contributed by atoms with Gasteiger partial charge >= 0.3 is 0 Å². The fourth-order valence-corrected chi connectivity index (χ4v) is 1.09. The van der Waals surface area contributed by atoms with Crippen LogP contribution in [-0.4, -0.2) is 11.3 Å². The van der Waals surface area contributed by atoms with Crippen molar-refractivity contribution in [3.8, 4) is 0 Å². The van der Waals surface area contributed by atoms with E-state index in [-0.39, 0.29) is 18.0 Å². The van der Waals surface area contributed by atoms with Gasteiger partial charge in [0.1, 0.15) is 5.82 Å². The van der Waals surface area contributed by atoms with Crippen LogP contribution < -0.4 is 5.73 Å². The summed E-state index contributed by atoms with van der Waals surface area (Å²) in [5.74, 6) is -0.869. The molecule has 0 aliphatic heterocycles. The molecule has 0 heterocycles. The van der Waals surface area contributed by atoms with Crippen molar-refractivity contribution in [1.29, 1.82) is 0 Å². The summed E-state index contributed by atoms with van der Waals surface area (Å²) in [6.45, 7) is 0. The van der Waals surface area contributed by atoms with Gasteiger partial charge in [0.15, 0.2) is 0 Å². The van der Waals surface area contributed by atoms with Crippen LogP contribution in [0, 0.1) is 15.9 Å². The Balaban J connectivity index is 0.00000225. The van der Waals surface area contributed by atoms with E-state index in [0.29, 0.717) is 6.07 Å². The Morgan fingerprint density at radius 1 is 1.38 bits per heavy atom. The molecular weight excluding hydrogens is 249 g/mol. The Labute approximate surface area is 94.8 Å². The molecular formula is C8H8ClF3N2O2. The summed E-state index contributed by atoms with van der Waals surface area (Å²) in [5, 5.41) is 10.4. The maximum atomic E-state index is 12.6. The molecule has 0 aliphatic rings. The Bertz CT molecular complexity index is 390. The van der Waals surface area contributed by atoms with Crippen molar-refractivity contribution in [2.45, 2.75) is 12.5 Å². The summed E-state index contributed by atoms with van der Waals surface area (Å²) in [7, 11) is 0. The lowest BCUT2D eigenvalue weighted by Gasteiger charge is -2.10. The summed E-state index contributed by atoms with van der Waals surface area (Å²) >= 11 is 0. The summed E-state index contributed by atoms with van der Waals surface area (Å²) in [6, 6.07) is 0.526. The van der Waals surface area contributed by atoms with E-state index >= 15 is 0 Å². The molecule has 0 aromatic heterocycles. The predicted molar refractivity (Wildman–Crippen MR) is 53.2 cm³/mol. The molecule has 0 unspecified atom stereocenters. The summed E-state index contributed by atoms with van der Waals surface area (Å²) < 4.78 is 37.1. The molecule has 90 valence electrons. The van der Waals surface area contributed by atoms with Gasteiger partial charge in [-0.1, -0.05) is 0 Å². The number of rotatable bonds is 3. The van der Waals surface area contributed by atoms with Gasteiger partial charge in [0.2, 0.25) is 0 Å². The molecule has 1 atom stereocenters. The van der Waals surface area contributed by atoms with Crippen LogP contribution >= 0.6 is 12.4 Å². The fourth-order valence-electron chi connectivity index (χ4n) is 1.09. The third-order valence-corrected chi connectivity index (χ3v) is 1.82. The summed E-state index contributed by atoms with van der Waals surface area (Å²) in [6.07, 6.45) is -2.94. The highest BCUT2D eigenvalue weighted by molar-refractivity contribution is 5.85. The monoisotopic (exact) mass is 256 g/mol. The lowest BCUT2D eigenvalue weighted by Crippen LogP contribution is -2.20. The van der Waals surface area contributed by atoms with Gasteiger partial charge in [0, 0.05) is 0 Å². The van der Waals surface area contributed by atoms with Crippen LogP contribution in [-0.2, 0) is 0 Å². The minimum Gasteiger partial charge on any atom is -0.319 e. The number of halogens is 4. The Morgan fingerprint density at radius 3 is 2.38 bits per heavy atom. The second kappa shape index (κ2) is 5.66. The molecule has 1 aromatic carbocycles. The van der Waals surface area contributed by atoms with Gasteiger partial charge in [-0.25, -0.2) is 13.2 Å². The number of nitrogens with zero attached hydrogens (tertiary/aromatic N) is 1. The zero-order valence-electron chi connectivity index (χ0n) is 7.77. The summed E-state index contributed by atoms with van der Waals surface area (Å²) in [4.78, 5) is 9.50. The quantitative estimate of drug-likeness (QED) is 0.667. The number of nitrogens with two attached hydrogens (primary N) is 1. The standard InChI is InChI=1S/C8H7F3N2O2.ClH/c9-4-1-2-5(7(12)8(10)11)6(3-4)13(14)15;/h1-3,7-8H,12H2;1H/t7-;/m0./s1. The van der Waals surface area contributed by atoms with Crippen LogP contribution in [0.1, 0.15) is 11.6 Å². The molecule has 2 N–H and O–H groups in total. The second-order valence-electron chi connectivity index (χ2n) is 2.82. The van der Waals surface area contributed by atoms with Crippen molar-refractivity contribution >= 4 is 18.1 Å². The number of nitro groups is 1. The van der Waals surface area contributed by atoms with Crippen molar-refractivity contribution in [3.63, 3.8) is 0 Å². The van der Waals surface area contributed by atoms with E-state index in [0.717, 1.165) is 12.1 Å². The summed E-state index contributed by atoms with van der Waals surface area (Å²) in [5.41, 5.74) is 3.94. The van der Waals surface area contributed by atoms with E-state index in [2.05, 4.69) is 0 Å². The average molecular weight is 257 g/mol. The van der Waals surface area contributed by atoms with Crippen molar-refractivity contribution in [2.24, 2.45) is 5.73 Å². The average Bonchev–Trinajstić information content (AvgIpc) is 2.16. The topological polar surface area (TPSA) is 69.2 Å². The predicted octanol–water partition coefficient (Wildman–Crippen LogP) is 2.42. The number of hydrogen-bond acceptors (Lipinski definition) is 3. The number of hydrogen-bond donors (Lipinski definition) is 1. The lowest BCUT2D eigenvalue weighted by molar-refractivity contribution is -0.386. The Morgan fingerprint density at radius 2 is 1.94 bits per heavy atom. The van der Waals surface area contributed by atoms with Crippen LogP contribution in [0.3, 0.4) is 0 Å². The van der Waals surface area contributed by atoms with Gasteiger partial charge < -0.3 is 5.73 Å². The van der Waals surface area contributed by atoms with Crippen LogP contribution in [0.25, 0.3) is 0 Å². The van der Waals surface area contributed by atoms with Crippen molar-refractivity contribution < 1.29 is 18.1 Å². The smallest absolute Gasteiger partial charge is 0.277 e. The van der Waals surface area contributed by atoms with E-state index in [4.69, 9.17) is 5.73 Å². The van der Waals surface area contributed by atoms with E-state index in [1.165, 1.54) is 0 Å². The third kappa shape index (κ3) is 3.07. The van der Waals surface area contributed by atoms with Gasteiger partial charge in [0.25, 0.3) is 12.1 Å². The zero-order chi connectivity index (χ0) is 11.6. The van der Waals surface area contributed by atoms with Crippen molar-refractivity contribution in [2.75, 3.05) is 0 Å². The fraction of sp³-hybridized carbons (Fsp3) is 0.250. The maximum Gasteiger partial charge on any atom is 0.277 e. The number of alkyl halides is 2. The van der Waals surface area contributed by atoms with E-state index in [9.17, 15) is 23.3 Å². The molecule has 0 saturated carbocycles. The molecule has 0 aliphatic carbocycles. The van der Waals surface area contributed by atoms with Gasteiger partial charge in [-0.3, -0.25) is 10.1 Å². The number of nitro benzene ring substituents is 1. The highest BCUT2D eigenvalue weighted by Gasteiger charge is 2.26. The molecule has 8 heteroatoms. The first-order chi connectivity index (χ1) is 6.93. The molecule has 1 aromatic rings. The largest absolute Gasteiger partial charge is 0.319 e. The minimum absolute atomic E-state index is 0. The molecule has 0 spiro atoms. The molecule has 0 bridgehead atoms. The van der Waals surface area contributed by atoms with Crippen LogP contribution in [0.15, 0.2) is 18.2 Å². The molecule has 0 radical (unpaired) electrons. The molecule has 4 nitrogen and oxygen atoms in total. The molecule has 1 rings (SSSR count). The zero-order valence-corrected chi connectivity index (χ0v) is 8.59. The Hall–Kier alpha value is -1.34. The molecule has 0 amide bonds. The number of benzene rings is 1. The first kappa shape index (κ1) is 14.7. The van der Waals surface area contributed by atoms with E-state index < -0.39 is 28.9 Å². The molecule has 0 saturated heterocycles. The van der Waals surface area contributed by atoms with Gasteiger partial charge in [-0.05, 0) is 12.1 Å². The molecule has 0 fully saturated rings.